The zero-order chi connectivity index (χ0) is 25.6. The second kappa shape index (κ2) is 12.0. The van der Waals surface area contributed by atoms with E-state index in [0.717, 1.165) is 44.0 Å². The van der Waals surface area contributed by atoms with Crippen LogP contribution >= 0.6 is 0 Å². The normalized spacial score (nSPS) is 19.3. The number of benzene rings is 2. The zero-order valence-electron chi connectivity index (χ0n) is 22.3. The molecule has 7 heteroatoms. The van der Waals surface area contributed by atoms with Crippen molar-refractivity contribution < 1.29 is 0 Å². The van der Waals surface area contributed by atoms with E-state index in [-0.39, 0.29) is 0 Å². The van der Waals surface area contributed by atoms with Crippen LogP contribution in [-0.2, 0) is 13.0 Å². The van der Waals surface area contributed by atoms with Crippen LogP contribution in [0.25, 0.3) is 5.69 Å². The van der Waals surface area contributed by atoms with Crippen LogP contribution in [0.5, 0.6) is 0 Å². The monoisotopic (exact) mass is 509 g/mol. The lowest BCUT2D eigenvalue weighted by atomic mass is 10.0. The predicted molar refractivity (Wildman–Crippen MR) is 150 cm³/mol. The van der Waals surface area contributed by atoms with E-state index < -0.39 is 0 Å². The van der Waals surface area contributed by atoms with E-state index >= 15 is 0 Å². The average Bonchev–Trinajstić information content (AvgIpc) is 3.77. The number of unbranched alkanes of at least 4 members (excludes halogenated alkanes) is 1. The van der Waals surface area contributed by atoms with E-state index in [0.29, 0.717) is 12.1 Å². The van der Waals surface area contributed by atoms with Crippen LogP contribution in [0.4, 0.5) is 0 Å². The van der Waals surface area contributed by atoms with Gasteiger partial charge in [-0.3, -0.25) is 9.80 Å². The molecule has 0 aliphatic carbocycles. The lowest BCUT2D eigenvalue weighted by Crippen LogP contribution is -2.37. The Morgan fingerprint density at radius 3 is 2.50 bits per heavy atom. The number of likely N-dealkylation sites (tertiary alicyclic amines) is 2. The van der Waals surface area contributed by atoms with Gasteiger partial charge in [0, 0.05) is 31.5 Å². The Morgan fingerprint density at radius 2 is 1.71 bits per heavy atom. The minimum atomic E-state index is 0.316. The summed E-state index contributed by atoms with van der Waals surface area (Å²) in [7, 11) is 0. The van der Waals surface area contributed by atoms with Gasteiger partial charge < -0.3 is 4.57 Å². The van der Waals surface area contributed by atoms with Crippen LogP contribution in [-0.4, -0.2) is 66.6 Å². The molecule has 7 nitrogen and oxygen atoms in total. The fourth-order valence-electron chi connectivity index (χ4n) is 6.26. The van der Waals surface area contributed by atoms with Crippen molar-refractivity contribution in [3.05, 3.63) is 96.3 Å². The molecule has 2 aromatic heterocycles. The van der Waals surface area contributed by atoms with Crippen molar-refractivity contribution in [3.63, 3.8) is 0 Å². The number of hydrogen-bond acceptors (Lipinski definition) is 5. The highest BCUT2D eigenvalue weighted by Gasteiger charge is 2.34. The molecule has 2 aromatic carbocycles. The summed E-state index contributed by atoms with van der Waals surface area (Å²) < 4.78 is 4.18. The second-order valence-electron chi connectivity index (χ2n) is 10.9. The van der Waals surface area contributed by atoms with Gasteiger partial charge in [0.25, 0.3) is 0 Å². The lowest BCUT2D eigenvalue weighted by molar-refractivity contribution is 0.183. The summed E-state index contributed by atoms with van der Waals surface area (Å²) in [6.45, 7) is 5.67. The van der Waals surface area contributed by atoms with Crippen LogP contribution < -0.4 is 0 Å². The van der Waals surface area contributed by atoms with Gasteiger partial charge in [0.2, 0.25) is 0 Å². The Hall–Kier alpha value is -3.29. The minimum absolute atomic E-state index is 0.316. The molecule has 2 atom stereocenters. The zero-order valence-corrected chi connectivity index (χ0v) is 22.3. The third-order valence-electron chi connectivity index (χ3n) is 8.33. The van der Waals surface area contributed by atoms with Gasteiger partial charge in [-0.2, -0.15) is 5.10 Å². The third-order valence-corrected chi connectivity index (χ3v) is 8.33. The maximum atomic E-state index is 4.70. The Morgan fingerprint density at radius 1 is 0.868 bits per heavy atom. The van der Waals surface area contributed by atoms with Gasteiger partial charge in [0.05, 0.1) is 18.3 Å². The molecule has 2 aliphatic heterocycles. The standard InChI is InChI=1S/C31H39N7/c1-2-10-27(11-3-1)23-37-25-32-34-31(37)30(36-22-17-29(24-36)35-19-6-7-20-35)12-5-4-9-26-13-15-28(16-14-26)38-21-8-18-33-38/h1-3,8,10-11,13-16,18,21,25,29-30H,4-7,9,12,17,19-20,22-24H2. The summed E-state index contributed by atoms with van der Waals surface area (Å²) >= 11 is 0. The van der Waals surface area contributed by atoms with Crippen molar-refractivity contribution in [1.82, 2.24) is 34.3 Å². The third kappa shape index (κ3) is 5.89. The summed E-state index contributed by atoms with van der Waals surface area (Å²) in [5.74, 6) is 1.12. The molecule has 4 heterocycles. The molecule has 2 aliphatic rings. The molecule has 0 spiro atoms. The van der Waals surface area contributed by atoms with Crippen LogP contribution in [0.15, 0.2) is 79.4 Å². The van der Waals surface area contributed by atoms with E-state index in [9.17, 15) is 0 Å². The highest BCUT2D eigenvalue weighted by atomic mass is 15.3. The van der Waals surface area contributed by atoms with Crippen molar-refractivity contribution >= 4 is 0 Å². The van der Waals surface area contributed by atoms with Gasteiger partial charge in [-0.25, -0.2) is 4.68 Å². The van der Waals surface area contributed by atoms with Crippen molar-refractivity contribution in [2.24, 2.45) is 0 Å². The average molecular weight is 510 g/mol. The first kappa shape index (κ1) is 25.0. The molecule has 4 aromatic rings. The largest absolute Gasteiger partial charge is 0.312 e. The molecule has 0 N–H and O–H groups in total. The summed E-state index contributed by atoms with van der Waals surface area (Å²) in [5, 5.41) is 13.4. The van der Waals surface area contributed by atoms with E-state index in [4.69, 9.17) is 5.10 Å². The van der Waals surface area contributed by atoms with Crippen LogP contribution in [0.2, 0.25) is 0 Å². The van der Waals surface area contributed by atoms with E-state index in [1.165, 1.54) is 56.3 Å². The maximum absolute atomic E-state index is 4.70. The Balaban J connectivity index is 1.11. The summed E-state index contributed by atoms with van der Waals surface area (Å²) in [4.78, 5) is 5.42. The number of nitrogens with zero attached hydrogens (tertiary/aromatic N) is 7. The molecule has 2 fully saturated rings. The summed E-state index contributed by atoms with van der Waals surface area (Å²) in [6.07, 6.45) is 14.3. The van der Waals surface area contributed by atoms with E-state index in [1.54, 1.807) is 0 Å². The van der Waals surface area contributed by atoms with E-state index in [2.05, 4.69) is 79.2 Å². The summed E-state index contributed by atoms with van der Waals surface area (Å²) in [6, 6.07) is 22.5. The molecule has 0 radical (unpaired) electrons. The van der Waals surface area contributed by atoms with Crippen molar-refractivity contribution in [2.75, 3.05) is 26.2 Å². The highest BCUT2D eigenvalue weighted by Crippen LogP contribution is 2.31. The predicted octanol–water partition coefficient (Wildman–Crippen LogP) is 5.14. The fourth-order valence-corrected chi connectivity index (χ4v) is 6.26. The van der Waals surface area contributed by atoms with Gasteiger partial charge in [-0.1, -0.05) is 48.9 Å². The first-order valence-electron chi connectivity index (χ1n) is 14.3. The fraction of sp³-hybridized carbons (Fsp3) is 0.452. The molecule has 6 rings (SSSR count). The number of aromatic nitrogens is 5. The van der Waals surface area contributed by atoms with Crippen molar-refractivity contribution in [3.8, 4) is 5.69 Å². The Kier molecular flexibility index (Phi) is 7.93. The molecule has 0 bridgehead atoms. The molecule has 38 heavy (non-hydrogen) atoms. The molecule has 198 valence electrons. The Bertz CT molecular complexity index is 1240. The number of rotatable bonds is 11. The molecule has 0 amide bonds. The smallest absolute Gasteiger partial charge is 0.150 e. The van der Waals surface area contributed by atoms with Crippen molar-refractivity contribution in [1.29, 1.82) is 0 Å². The minimum Gasteiger partial charge on any atom is -0.312 e. The van der Waals surface area contributed by atoms with Crippen LogP contribution in [0.1, 0.15) is 61.5 Å². The van der Waals surface area contributed by atoms with Crippen molar-refractivity contribution in [2.45, 2.75) is 63.6 Å². The number of hydrogen-bond donors (Lipinski definition) is 0. The van der Waals surface area contributed by atoms with Gasteiger partial charge in [-0.15, -0.1) is 10.2 Å². The molecule has 0 saturated carbocycles. The molecular weight excluding hydrogens is 470 g/mol. The Labute approximate surface area is 226 Å². The molecular formula is C31H39N7. The quantitative estimate of drug-likeness (QED) is 0.262. The maximum Gasteiger partial charge on any atom is 0.150 e. The van der Waals surface area contributed by atoms with E-state index in [1.807, 2.05) is 29.5 Å². The van der Waals surface area contributed by atoms with Crippen LogP contribution in [0, 0.1) is 0 Å². The van der Waals surface area contributed by atoms with Crippen LogP contribution in [0.3, 0.4) is 0 Å². The van der Waals surface area contributed by atoms with Gasteiger partial charge in [0.1, 0.15) is 6.33 Å². The SMILES string of the molecule is c1ccc(Cn2cnnc2C(CCCCc2ccc(-n3cccn3)cc2)N2CCC(N3CCCC3)C2)cc1. The van der Waals surface area contributed by atoms with Gasteiger partial charge >= 0.3 is 0 Å². The summed E-state index contributed by atoms with van der Waals surface area (Å²) in [5.41, 5.74) is 3.79. The molecule has 2 saturated heterocycles. The second-order valence-corrected chi connectivity index (χ2v) is 10.9. The highest BCUT2D eigenvalue weighted by molar-refractivity contribution is 5.33. The first-order valence-corrected chi connectivity index (χ1v) is 14.3. The van der Waals surface area contributed by atoms with Gasteiger partial charge in [0.15, 0.2) is 5.82 Å². The first-order chi connectivity index (χ1) is 18.8. The lowest BCUT2D eigenvalue weighted by Gasteiger charge is -2.29. The molecule has 2 unspecified atom stereocenters. The number of aryl methyl sites for hydroxylation is 1. The van der Waals surface area contributed by atoms with Gasteiger partial charge in [-0.05, 0) is 80.9 Å². The topological polar surface area (TPSA) is 55.0 Å².